The molecule has 1 saturated heterocycles. The summed E-state index contributed by atoms with van der Waals surface area (Å²) >= 11 is 0. The van der Waals surface area contributed by atoms with Crippen LogP contribution in [0.15, 0.2) is 12.2 Å². The molecule has 18 heavy (non-hydrogen) atoms. The lowest BCUT2D eigenvalue weighted by molar-refractivity contribution is -0.104. The maximum atomic E-state index is 11.8. The maximum Gasteiger partial charge on any atom is 0.410 e. The Kier molecular flexibility index (Phi) is 5.38. The van der Waals surface area contributed by atoms with Gasteiger partial charge >= 0.3 is 6.09 Å². The first-order valence-corrected chi connectivity index (χ1v) is 6.50. The zero-order chi connectivity index (χ0) is 13.6. The molecule has 4 heteroatoms. The predicted molar refractivity (Wildman–Crippen MR) is 70.4 cm³/mol. The Morgan fingerprint density at radius 1 is 1.33 bits per heavy atom. The van der Waals surface area contributed by atoms with Gasteiger partial charge in [0, 0.05) is 13.1 Å². The smallest absolute Gasteiger partial charge is 0.410 e. The van der Waals surface area contributed by atoms with Gasteiger partial charge in [-0.3, -0.25) is 4.79 Å². The largest absolute Gasteiger partial charge is 0.444 e. The Morgan fingerprint density at radius 3 is 2.44 bits per heavy atom. The maximum absolute atomic E-state index is 11.8. The molecule has 1 heterocycles. The van der Waals surface area contributed by atoms with E-state index >= 15 is 0 Å². The van der Waals surface area contributed by atoms with Crippen LogP contribution in [0.1, 0.15) is 40.0 Å². The van der Waals surface area contributed by atoms with Crippen molar-refractivity contribution in [1.82, 2.24) is 4.90 Å². The van der Waals surface area contributed by atoms with E-state index in [9.17, 15) is 9.59 Å². The summed E-state index contributed by atoms with van der Waals surface area (Å²) in [5.41, 5.74) is -0.430. The van der Waals surface area contributed by atoms with Gasteiger partial charge in [-0.15, -0.1) is 0 Å². The highest BCUT2D eigenvalue weighted by molar-refractivity contribution is 5.68. The van der Waals surface area contributed by atoms with E-state index in [0.717, 1.165) is 38.6 Å². The number of carbonyl (C=O) groups is 2. The Hall–Kier alpha value is -1.32. The van der Waals surface area contributed by atoms with Crippen molar-refractivity contribution in [3.63, 3.8) is 0 Å². The van der Waals surface area contributed by atoms with E-state index in [2.05, 4.69) is 0 Å². The Bertz CT molecular complexity index is 309. The molecule has 1 rings (SSSR count). The summed E-state index contributed by atoms with van der Waals surface area (Å²) in [5, 5.41) is 0. The van der Waals surface area contributed by atoms with Crippen LogP contribution >= 0.6 is 0 Å². The fraction of sp³-hybridized carbons (Fsp3) is 0.714. The van der Waals surface area contributed by atoms with Crippen molar-refractivity contribution in [2.24, 2.45) is 5.92 Å². The average Bonchev–Trinajstić information content (AvgIpc) is 2.28. The average molecular weight is 253 g/mol. The molecule has 1 amide bonds. The van der Waals surface area contributed by atoms with Crippen LogP contribution in [0.3, 0.4) is 0 Å². The molecule has 0 spiro atoms. The van der Waals surface area contributed by atoms with Crippen LogP contribution in [-0.2, 0) is 9.53 Å². The number of rotatable bonds is 3. The van der Waals surface area contributed by atoms with Crippen molar-refractivity contribution in [3.05, 3.63) is 12.2 Å². The second-order valence-electron chi connectivity index (χ2n) is 5.71. The molecule has 102 valence electrons. The Balaban J connectivity index is 2.32. The monoisotopic (exact) mass is 253 g/mol. The van der Waals surface area contributed by atoms with Crippen LogP contribution in [0.5, 0.6) is 0 Å². The molecule has 0 radical (unpaired) electrons. The number of likely N-dealkylation sites (tertiary alicyclic amines) is 1. The van der Waals surface area contributed by atoms with Gasteiger partial charge in [0.15, 0.2) is 0 Å². The van der Waals surface area contributed by atoms with Crippen molar-refractivity contribution in [1.29, 1.82) is 0 Å². The van der Waals surface area contributed by atoms with Crippen molar-refractivity contribution in [3.8, 4) is 0 Å². The molecule has 0 aromatic rings. The summed E-state index contributed by atoms with van der Waals surface area (Å²) in [6, 6.07) is 0. The van der Waals surface area contributed by atoms with E-state index in [0.29, 0.717) is 5.92 Å². The van der Waals surface area contributed by atoms with Gasteiger partial charge in [0.25, 0.3) is 0 Å². The summed E-state index contributed by atoms with van der Waals surface area (Å²) in [6.07, 6.45) is 6.90. The minimum Gasteiger partial charge on any atom is -0.444 e. The molecule has 0 aliphatic carbocycles. The van der Waals surface area contributed by atoms with Crippen LogP contribution < -0.4 is 0 Å². The van der Waals surface area contributed by atoms with E-state index in [4.69, 9.17) is 4.74 Å². The number of ether oxygens (including phenoxy) is 1. The van der Waals surface area contributed by atoms with Crippen molar-refractivity contribution in [2.45, 2.75) is 45.6 Å². The van der Waals surface area contributed by atoms with Crippen LogP contribution in [0.25, 0.3) is 0 Å². The van der Waals surface area contributed by atoms with Gasteiger partial charge in [0.1, 0.15) is 11.9 Å². The summed E-state index contributed by atoms with van der Waals surface area (Å²) in [6.45, 7) is 7.12. The molecule has 1 fully saturated rings. The van der Waals surface area contributed by atoms with Gasteiger partial charge in [-0.1, -0.05) is 6.08 Å². The molecule has 0 aromatic heterocycles. The quantitative estimate of drug-likeness (QED) is 0.574. The van der Waals surface area contributed by atoms with Gasteiger partial charge in [-0.2, -0.15) is 0 Å². The highest BCUT2D eigenvalue weighted by atomic mass is 16.6. The number of carbonyl (C=O) groups excluding carboxylic acids is 2. The molecule has 1 aliphatic rings. The van der Waals surface area contributed by atoms with Crippen molar-refractivity contribution in [2.75, 3.05) is 13.1 Å². The van der Waals surface area contributed by atoms with Gasteiger partial charge in [-0.25, -0.2) is 4.79 Å². The van der Waals surface area contributed by atoms with Gasteiger partial charge in [0.2, 0.25) is 0 Å². The third kappa shape index (κ3) is 5.34. The number of hydrogen-bond acceptors (Lipinski definition) is 3. The first-order chi connectivity index (χ1) is 8.42. The van der Waals surface area contributed by atoms with Crippen molar-refractivity contribution >= 4 is 12.4 Å². The lowest BCUT2D eigenvalue weighted by atomic mass is 9.93. The molecule has 0 aromatic carbocycles. The molecular weight excluding hydrogens is 230 g/mol. The van der Waals surface area contributed by atoms with E-state index in [1.54, 1.807) is 11.0 Å². The molecular formula is C14H23NO3. The fourth-order valence-electron chi connectivity index (χ4n) is 2.00. The van der Waals surface area contributed by atoms with E-state index in [1.165, 1.54) is 0 Å². The fourth-order valence-corrected chi connectivity index (χ4v) is 2.00. The molecule has 0 atom stereocenters. The molecule has 0 bridgehead atoms. The summed E-state index contributed by atoms with van der Waals surface area (Å²) in [7, 11) is 0. The van der Waals surface area contributed by atoms with Gasteiger partial charge < -0.3 is 9.64 Å². The van der Waals surface area contributed by atoms with Crippen LogP contribution in [0.4, 0.5) is 4.79 Å². The summed E-state index contributed by atoms with van der Waals surface area (Å²) in [5.74, 6) is 0.569. The zero-order valence-corrected chi connectivity index (χ0v) is 11.5. The second-order valence-corrected chi connectivity index (χ2v) is 5.71. The van der Waals surface area contributed by atoms with Gasteiger partial charge in [-0.05, 0) is 52.0 Å². The molecule has 1 aliphatic heterocycles. The number of nitrogens with zero attached hydrogens (tertiary/aromatic N) is 1. The van der Waals surface area contributed by atoms with Crippen molar-refractivity contribution < 1.29 is 14.3 Å². The topological polar surface area (TPSA) is 46.6 Å². The van der Waals surface area contributed by atoms with Crippen LogP contribution in [0.2, 0.25) is 0 Å². The lowest BCUT2D eigenvalue weighted by Crippen LogP contribution is -2.41. The number of allylic oxidation sites excluding steroid dienone is 2. The Labute approximate surface area is 109 Å². The zero-order valence-electron chi connectivity index (χ0n) is 11.5. The highest BCUT2D eigenvalue weighted by Gasteiger charge is 2.26. The molecule has 0 saturated carbocycles. The first kappa shape index (κ1) is 14.7. The Morgan fingerprint density at radius 2 is 1.94 bits per heavy atom. The molecule has 4 nitrogen and oxygen atoms in total. The number of aldehydes is 1. The number of hydrogen-bond donors (Lipinski definition) is 0. The third-order valence-corrected chi connectivity index (χ3v) is 2.95. The first-order valence-electron chi connectivity index (χ1n) is 6.50. The predicted octanol–water partition coefficient (Wildman–Crippen LogP) is 2.78. The summed E-state index contributed by atoms with van der Waals surface area (Å²) in [4.78, 5) is 23.8. The third-order valence-electron chi connectivity index (χ3n) is 2.95. The van der Waals surface area contributed by atoms with Gasteiger partial charge in [0.05, 0.1) is 0 Å². The van der Waals surface area contributed by atoms with E-state index < -0.39 is 5.60 Å². The molecule has 0 N–H and O–H groups in total. The van der Waals surface area contributed by atoms with Crippen LogP contribution in [0, 0.1) is 5.92 Å². The lowest BCUT2D eigenvalue weighted by Gasteiger charge is -2.33. The number of amides is 1. The standard InChI is InChI=1S/C14H23NO3/c1-14(2,3)18-13(17)15-9-7-12(8-10-15)6-4-5-11-16/h4-5,11-12H,6-10H2,1-3H3/b5-4-. The van der Waals surface area contributed by atoms with E-state index in [-0.39, 0.29) is 6.09 Å². The molecule has 0 unspecified atom stereocenters. The minimum atomic E-state index is -0.430. The second kappa shape index (κ2) is 6.57. The minimum absolute atomic E-state index is 0.218. The highest BCUT2D eigenvalue weighted by Crippen LogP contribution is 2.22. The summed E-state index contributed by atoms with van der Waals surface area (Å²) < 4.78 is 5.34. The SMILES string of the molecule is CC(C)(C)OC(=O)N1CCC(C/C=C\C=O)CC1. The van der Waals surface area contributed by atoms with Crippen LogP contribution in [-0.4, -0.2) is 36.0 Å². The normalized spacial score (nSPS) is 18.1. The van der Waals surface area contributed by atoms with E-state index in [1.807, 2.05) is 26.8 Å². The number of piperidine rings is 1.